The molecule has 0 spiro atoms. The average molecular weight is 236 g/mol. The minimum Gasteiger partial charge on any atom is -0.488 e. The predicted molar refractivity (Wildman–Crippen MR) is 67.5 cm³/mol. The number of carbonyl (C=O) groups excluding carboxylic acids is 1. The molecule has 0 aliphatic heterocycles. The van der Waals surface area contributed by atoms with E-state index < -0.39 is 0 Å². The van der Waals surface area contributed by atoms with E-state index in [1.165, 1.54) is 0 Å². The van der Waals surface area contributed by atoms with Crippen LogP contribution >= 0.6 is 0 Å². The largest absolute Gasteiger partial charge is 0.488 e. The highest BCUT2D eigenvalue weighted by atomic mass is 16.5. The van der Waals surface area contributed by atoms with Gasteiger partial charge in [0.2, 0.25) is 5.91 Å². The number of amides is 1. The minimum atomic E-state index is -0.193. The van der Waals surface area contributed by atoms with Crippen LogP contribution in [-0.2, 0) is 11.2 Å². The molecule has 4 heteroatoms. The van der Waals surface area contributed by atoms with Crippen molar-refractivity contribution in [2.75, 3.05) is 0 Å². The number of nitrogens with one attached hydrogen (secondary N) is 1. The summed E-state index contributed by atoms with van der Waals surface area (Å²) in [6.45, 7) is 6.02. The van der Waals surface area contributed by atoms with Crippen molar-refractivity contribution < 1.29 is 9.53 Å². The third-order valence-electron chi connectivity index (χ3n) is 2.15. The van der Waals surface area contributed by atoms with Crippen LogP contribution in [0.4, 0.5) is 0 Å². The number of hydrazine groups is 1. The van der Waals surface area contributed by atoms with Gasteiger partial charge in [0.25, 0.3) is 0 Å². The summed E-state index contributed by atoms with van der Waals surface area (Å²) >= 11 is 0. The Morgan fingerprint density at radius 2 is 1.88 bits per heavy atom. The topological polar surface area (TPSA) is 64.3 Å². The lowest BCUT2D eigenvalue weighted by molar-refractivity contribution is -0.121. The van der Waals surface area contributed by atoms with Gasteiger partial charge in [0.1, 0.15) is 11.4 Å². The number of rotatable bonds is 4. The molecule has 0 unspecified atom stereocenters. The summed E-state index contributed by atoms with van der Waals surface area (Å²) in [5, 5.41) is 0. The van der Waals surface area contributed by atoms with Crippen LogP contribution in [0.2, 0.25) is 0 Å². The second-order valence-electron chi connectivity index (χ2n) is 4.93. The van der Waals surface area contributed by atoms with E-state index in [-0.39, 0.29) is 11.5 Å². The van der Waals surface area contributed by atoms with Gasteiger partial charge in [-0.05, 0) is 44.9 Å². The molecule has 0 aliphatic rings. The lowest BCUT2D eigenvalue weighted by atomic mass is 10.1. The van der Waals surface area contributed by atoms with Gasteiger partial charge in [-0.25, -0.2) is 5.84 Å². The third kappa shape index (κ3) is 5.36. The van der Waals surface area contributed by atoms with Crippen molar-refractivity contribution in [3.05, 3.63) is 29.8 Å². The fraction of sp³-hybridized carbons (Fsp3) is 0.462. The predicted octanol–water partition coefficient (Wildman–Crippen LogP) is 1.79. The van der Waals surface area contributed by atoms with Crippen LogP contribution in [-0.4, -0.2) is 11.5 Å². The van der Waals surface area contributed by atoms with E-state index in [1.807, 2.05) is 45.0 Å². The van der Waals surface area contributed by atoms with Crippen molar-refractivity contribution in [1.82, 2.24) is 5.43 Å². The number of benzene rings is 1. The number of aryl methyl sites for hydroxylation is 1. The molecule has 0 fully saturated rings. The Hall–Kier alpha value is -1.55. The summed E-state index contributed by atoms with van der Waals surface area (Å²) in [4.78, 5) is 11.0. The molecule has 0 aromatic heterocycles. The monoisotopic (exact) mass is 236 g/mol. The van der Waals surface area contributed by atoms with Crippen LogP contribution in [0.3, 0.4) is 0 Å². The highest BCUT2D eigenvalue weighted by molar-refractivity contribution is 5.75. The van der Waals surface area contributed by atoms with Crippen molar-refractivity contribution in [3.63, 3.8) is 0 Å². The van der Waals surface area contributed by atoms with Gasteiger partial charge in [-0.3, -0.25) is 10.2 Å². The second-order valence-corrected chi connectivity index (χ2v) is 4.93. The molecule has 0 radical (unpaired) electrons. The Morgan fingerprint density at radius 3 is 2.35 bits per heavy atom. The van der Waals surface area contributed by atoms with Crippen LogP contribution in [0, 0.1) is 0 Å². The van der Waals surface area contributed by atoms with Gasteiger partial charge in [-0.1, -0.05) is 12.1 Å². The molecule has 0 heterocycles. The van der Waals surface area contributed by atoms with E-state index in [9.17, 15) is 4.79 Å². The van der Waals surface area contributed by atoms with Crippen LogP contribution in [0.25, 0.3) is 0 Å². The summed E-state index contributed by atoms with van der Waals surface area (Å²) in [6.07, 6.45) is 1.08. The van der Waals surface area contributed by atoms with Gasteiger partial charge in [-0.2, -0.15) is 0 Å². The first-order valence-electron chi connectivity index (χ1n) is 5.68. The molecule has 17 heavy (non-hydrogen) atoms. The van der Waals surface area contributed by atoms with Crippen LogP contribution < -0.4 is 16.0 Å². The first-order valence-corrected chi connectivity index (χ1v) is 5.68. The second kappa shape index (κ2) is 5.68. The maximum Gasteiger partial charge on any atom is 0.234 e. The fourth-order valence-electron chi connectivity index (χ4n) is 1.41. The highest BCUT2D eigenvalue weighted by Crippen LogP contribution is 2.18. The van der Waals surface area contributed by atoms with E-state index in [0.29, 0.717) is 12.8 Å². The number of carbonyl (C=O) groups is 1. The zero-order valence-corrected chi connectivity index (χ0v) is 10.6. The maximum atomic E-state index is 11.0. The molecule has 1 aromatic rings. The van der Waals surface area contributed by atoms with E-state index in [2.05, 4.69) is 5.43 Å². The molecule has 4 nitrogen and oxygen atoms in total. The number of nitrogens with two attached hydrogens (primary N) is 1. The first kappa shape index (κ1) is 13.5. The highest BCUT2D eigenvalue weighted by Gasteiger charge is 2.11. The van der Waals surface area contributed by atoms with E-state index >= 15 is 0 Å². The fourth-order valence-corrected chi connectivity index (χ4v) is 1.41. The van der Waals surface area contributed by atoms with E-state index in [0.717, 1.165) is 11.3 Å². The SMILES string of the molecule is CC(C)(C)Oc1ccc(CCC(=O)NN)cc1. The first-order chi connectivity index (χ1) is 7.90. The van der Waals surface area contributed by atoms with Gasteiger partial charge in [0, 0.05) is 6.42 Å². The van der Waals surface area contributed by atoms with E-state index in [4.69, 9.17) is 10.6 Å². The molecule has 0 aliphatic carbocycles. The molecular weight excluding hydrogens is 216 g/mol. The number of hydrogen-bond donors (Lipinski definition) is 2. The molecule has 1 rings (SSSR count). The summed E-state index contributed by atoms with van der Waals surface area (Å²) in [5.74, 6) is 5.69. The summed E-state index contributed by atoms with van der Waals surface area (Å²) in [5.41, 5.74) is 3.01. The molecule has 1 aromatic carbocycles. The zero-order valence-electron chi connectivity index (χ0n) is 10.6. The Bertz CT molecular complexity index is 366. The van der Waals surface area contributed by atoms with Crippen molar-refractivity contribution in [2.45, 2.75) is 39.2 Å². The number of ether oxygens (including phenoxy) is 1. The molecular formula is C13H20N2O2. The Labute approximate surface area is 102 Å². The summed E-state index contributed by atoms with van der Waals surface area (Å²) < 4.78 is 5.70. The van der Waals surface area contributed by atoms with Crippen LogP contribution in [0.5, 0.6) is 5.75 Å². The van der Waals surface area contributed by atoms with Crippen LogP contribution in [0.1, 0.15) is 32.8 Å². The normalized spacial score (nSPS) is 11.1. The molecule has 0 saturated carbocycles. The molecule has 0 saturated heterocycles. The van der Waals surface area contributed by atoms with E-state index in [1.54, 1.807) is 0 Å². The quantitative estimate of drug-likeness (QED) is 0.476. The summed E-state index contributed by atoms with van der Waals surface area (Å²) in [7, 11) is 0. The Kier molecular flexibility index (Phi) is 4.52. The zero-order chi connectivity index (χ0) is 12.9. The lowest BCUT2D eigenvalue weighted by Gasteiger charge is -2.21. The van der Waals surface area contributed by atoms with Gasteiger partial charge < -0.3 is 4.74 Å². The Morgan fingerprint density at radius 1 is 1.29 bits per heavy atom. The lowest BCUT2D eigenvalue weighted by Crippen LogP contribution is -2.30. The Balaban J connectivity index is 2.53. The third-order valence-corrected chi connectivity index (χ3v) is 2.15. The molecule has 0 atom stereocenters. The standard InChI is InChI=1S/C13H20N2O2/c1-13(2,3)17-11-7-4-10(5-8-11)6-9-12(16)15-14/h4-5,7-8H,6,9,14H2,1-3H3,(H,15,16). The van der Waals surface area contributed by atoms with Crippen molar-refractivity contribution in [1.29, 1.82) is 0 Å². The van der Waals surface area contributed by atoms with Gasteiger partial charge in [0.15, 0.2) is 0 Å². The van der Waals surface area contributed by atoms with Gasteiger partial charge >= 0.3 is 0 Å². The van der Waals surface area contributed by atoms with Gasteiger partial charge in [-0.15, -0.1) is 0 Å². The van der Waals surface area contributed by atoms with Crippen LogP contribution in [0.15, 0.2) is 24.3 Å². The molecule has 94 valence electrons. The molecule has 3 N–H and O–H groups in total. The van der Waals surface area contributed by atoms with Crippen molar-refractivity contribution in [2.24, 2.45) is 5.84 Å². The average Bonchev–Trinajstić information content (AvgIpc) is 2.25. The van der Waals surface area contributed by atoms with Crippen molar-refractivity contribution >= 4 is 5.91 Å². The minimum absolute atomic E-state index is 0.153. The summed E-state index contributed by atoms with van der Waals surface area (Å²) in [6, 6.07) is 7.76. The van der Waals surface area contributed by atoms with Crippen molar-refractivity contribution in [3.8, 4) is 5.75 Å². The maximum absolute atomic E-state index is 11.0. The van der Waals surface area contributed by atoms with Gasteiger partial charge in [0.05, 0.1) is 0 Å². The molecule has 0 bridgehead atoms. The smallest absolute Gasteiger partial charge is 0.234 e. The number of hydrogen-bond acceptors (Lipinski definition) is 3. The molecule has 1 amide bonds.